The van der Waals surface area contributed by atoms with Crippen LogP contribution in [0.15, 0.2) is 58.5 Å². The number of guanidine groups is 2. The molecule has 0 fully saturated rings. The van der Waals surface area contributed by atoms with E-state index in [2.05, 4.69) is 34.3 Å². The summed E-state index contributed by atoms with van der Waals surface area (Å²) in [5.74, 6) is 0.186. The van der Waals surface area contributed by atoms with Gasteiger partial charge in [-0.3, -0.25) is 0 Å². The Bertz CT molecular complexity index is 687. The Balaban J connectivity index is 1.54. The first-order valence-corrected chi connectivity index (χ1v) is 9.90. The lowest BCUT2D eigenvalue weighted by atomic mass is 10.0. The smallest absolute Gasteiger partial charge is 0.191 e. The second-order valence-corrected chi connectivity index (χ2v) is 7.03. The predicted octanol–water partition coefficient (Wildman–Crippen LogP) is 3.62. The molecule has 0 atom stereocenters. The normalized spacial score (nSPS) is 10.4. The van der Waals surface area contributed by atoms with Crippen molar-refractivity contribution in [1.29, 1.82) is 0 Å². The summed E-state index contributed by atoms with van der Waals surface area (Å²) in [6.45, 7) is 0. The second-order valence-electron chi connectivity index (χ2n) is 7.03. The highest BCUT2D eigenvalue weighted by atomic mass is 15.0. The van der Waals surface area contributed by atoms with E-state index in [9.17, 15) is 0 Å². The Morgan fingerprint density at radius 2 is 0.821 bits per heavy atom. The molecule has 0 aliphatic heterocycles. The van der Waals surface area contributed by atoms with Crippen molar-refractivity contribution in [2.24, 2.45) is 32.9 Å². The third-order valence-corrected chi connectivity index (χ3v) is 4.57. The highest BCUT2D eigenvalue weighted by Gasteiger charge is 1.98. The number of hydrogen-bond acceptors (Lipinski definition) is 2. The van der Waals surface area contributed by atoms with Crippen molar-refractivity contribution in [1.82, 2.24) is 0 Å². The van der Waals surface area contributed by atoms with Gasteiger partial charge in [0, 0.05) is 0 Å². The Morgan fingerprint density at radius 3 is 1.14 bits per heavy atom. The van der Waals surface area contributed by atoms with E-state index in [1.54, 1.807) is 0 Å². The zero-order valence-electron chi connectivity index (χ0n) is 16.5. The van der Waals surface area contributed by atoms with Crippen LogP contribution in [-0.4, -0.2) is 11.9 Å². The molecule has 150 valence electrons. The Labute approximate surface area is 167 Å². The van der Waals surface area contributed by atoms with Gasteiger partial charge in [-0.05, 0) is 61.1 Å². The maximum Gasteiger partial charge on any atom is 0.191 e. The van der Waals surface area contributed by atoms with Gasteiger partial charge in [-0.2, -0.15) is 0 Å². The summed E-state index contributed by atoms with van der Waals surface area (Å²) in [4.78, 5) is 8.07. The molecule has 0 aromatic heterocycles. The van der Waals surface area contributed by atoms with E-state index in [0.717, 1.165) is 24.2 Å². The predicted molar refractivity (Wildman–Crippen MR) is 119 cm³/mol. The molecule has 8 N–H and O–H groups in total. The maximum absolute atomic E-state index is 5.38. The van der Waals surface area contributed by atoms with Crippen molar-refractivity contribution in [3.8, 4) is 0 Å². The van der Waals surface area contributed by atoms with Crippen LogP contribution in [0.4, 0.5) is 11.4 Å². The molecule has 0 saturated carbocycles. The maximum atomic E-state index is 5.38. The molecule has 0 aliphatic carbocycles. The number of unbranched alkanes of at least 4 members (excludes halogenated alkanes) is 5. The van der Waals surface area contributed by atoms with Crippen LogP contribution in [-0.2, 0) is 12.8 Å². The van der Waals surface area contributed by atoms with E-state index < -0.39 is 0 Å². The van der Waals surface area contributed by atoms with Gasteiger partial charge in [0.25, 0.3) is 0 Å². The van der Waals surface area contributed by atoms with Crippen LogP contribution in [0.25, 0.3) is 0 Å². The summed E-state index contributed by atoms with van der Waals surface area (Å²) >= 11 is 0. The van der Waals surface area contributed by atoms with Gasteiger partial charge in [0.1, 0.15) is 0 Å². The molecule has 0 saturated heterocycles. The molecule has 28 heavy (non-hydrogen) atoms. The van der Waals surface area contributed by atoms with Crippen molar-refractivity contribution < 1.29 is 0 Å². The number of nitrogens with zero attached hydrogens (tertiary/aromatic N) is 2. The molecule has 6 nitrogen and oxygen atoms in total. The van der Waals surface area contributed by atoms with Crippen LogP contribution in [0.3, 0.4) is 0 Å². The van der Waals surface area contributed by atoms with Crippen LogP contribution >= 0.6 is 0 Å². The third-order valence-electron chi connectivity index (χ3n) is 4.57. The van der Waals surface area contributed by atoms with Gasteiger partial charge in [0.05, 0.1) is 11.4 Å². The molecule has 6 heteroatoms. The minimum atomic E-state index is 0.0932. The van der Waals surface area contributed by atoms with Crippen molar-refractivity contribution in [3.63, 3.8) is 0 Å². The molecule has 0 aliphatic rings. The average molecular weight is 381 g/mol. The number of nitrogens with two attached hydrogens (primary N) is 4. The number of hydrogen-bond donors (Lipinski definition) is 4. The summed E-state index contributed by atoms with van der Waals surface area (Å²) in [6, 6.07) is 16.2. The Kier molecular flexibility index (Phi) is 8.85. The fraction of sp³-hybridized carbons (Fsp3) is 0.364. The standard InChI is InChI=1S/C22H32N6/c23-21(24)27-19-13-9-17(10-14-19)7-5-3-1-2-4-6-8-18-11-15-20(16-12-18)28-22(25)26/h9-16H,1-8H2,(H4,23,24,27)(H4,25,26,28). The fourth-order valence-corrected chi connectivity index (χ4v) is 3.14. The van der Waals surface area contributed by atoms with E-state index in [1.165, 1.54) is 49.7 Å². The fourth-order valence-electron chi connectivity index (χ4n) is 3.14. The topological polar surface area (TPSA) is 129 Å². The summed E-state index contributed by atoms with van der Waals surface area (Å²) in [5.41, 5.74) is 25.8. The summed E-state index contributed by atoms with van der Waals surface area (Å²) < 4.78 is 0. The van der Waals surface area contributed by atoms with Crippen LogP contribution in [0.1, 0.15) is 49.7 Å². The van der Waals surface area contributed by atoms with E-state index >= 15 is 0 Å². The Hall–Kier alpha value is -3.02. The van der Waals surface area contributed by atoms with Gasteiger partial charge >= 0.3 is 0 Å². The van der Waals surface area contributed by atoms with Crippen LogP contribution in [0.5, 0.6) is 0 Å². The van der Waals surface area contributed by atoms with Gasteiger partial charge in [-0.15, -0.1) is 0 Å². The average Bonchev–Trinajstić information content (AvgIpc) is 2.65. The molecule has 0 amide bonds. The molecule has 2 rings (SSSR count). The molecule has 0 spiro atoms. The van der Waals surface area contributed by atoms with E-state index in [4.69, 9.17) is 22.9 Å². The van der Waals surface area contributed by atoms with Crippen LogP contribution < -0.4 is 22.9 Å². The van der Waals surface area contributed by atoms with Crippen LogP contribution in [0.2, 0.25) is 0 Å². The first-order valence-electron chi connectivity index (χ1n) is 9.90. The lowest BCUT2D eigenvalue weighted by molar-refractivity contribution is 0.594. The number of aliphatic imine (C=N–C) groups is 2. The van der Waals surface area contributed by atoms with Crippen LogP contribution in [0, 0.1) is 0 Å². The lowest BCUT2D eigenvalue weighted by Gasteiger charge is -2.04. The zero-order valence-corrected chi connectivity index (χ0v) is 16.5. The van der Waals surface area contributed by atoms with Gasteiger partial charge < -0.3 is 22.9 Å². The second kappa shape index (κ2) is 11.6. The highest BCUT2D eigenvalue weighted by molar-refractivity contribution is 5.79. The lowest BCUT2D eigenvalue weighted by Crippen LogP contribution is -2.21. The minimum Gasteiger partial charge on any atom is -0.370 e. The molecular formula is C22H32N6. The summed E-state index contributed by atoms with van der Waals surface area (Å²) in [7, 11) is 0. The SMILES string of the molecule is NC(N)=Nc1ccc(CCCCCCCCc2ccc(N=C(N)N)cc2)cc1. The molecule has 0 heterocycles. The molecule has 0 unspecified atom stereocenters. The molecular weight excluding hydrogens is 348 g/mol. The number of aryl methyl sites for hydroxylation is 2. The van der Waals surface area contributed by atoms with E-state index in [0.29, 0.717) is 0 Å². The summed E-state index contributed by atoms with van der Waals surface area (Å²) in [5, 5.41) is 0. The van der Waals surface area contributed by atoms with Gasteiger partial charge in [0.15, 0.2) is 11.9 Å². The first-order chi connectivity index (χ1) is 13.5. The molecule has 0 radical (unpaired) electrons. The van der Waals surface area contributed by atoms with Crippen molar-refractivity contribution in [2.75, 3.05) is 0 Å². The largest absolute Gasteiger partial charge is 0.370 e. The number of benzene rings is 2. The van der Waals surface area contributed by atoms with Gasteiger partial charge in [0.2, 0.25) is 0 Å². The molecule has 2 aromatic carbocycles. The zero-order chi connectivity index (χ0) is 20.2. The third kappa shape index (κ3) is 8.58. The monoisotopic (exact) mass is 380 g/mol. The van der Waals surface area contributed by atoms with Crippen molar-refractivity contribution in [2.45, 2.75) is 51.4 Å². The van der Waals surface area contributed by atoms with Gasteiger partial charge in [-0.1, -0.05) is 49.9 Å². The van der Waals surface area contributed by atoms with Crippen molar-refractivity contribution >= 4 is 23.3 Å². The van der Waals surface area contributed by atoms with Crippen molar-refractivity contribution in [3.05, 3.63) is 59.7 Å². The number of rotatable bonds is 11. The highest BCUT2D eigenvalue weighted by Crippen LogP contribution is 2.17. The van der Waals surface area contributed by atoms with Gasteiger partial charge in [-0.25, -0.2) is 9.98 Å². The molecule has 2 aromatic rings. The first kappa shape index (κ1) is 21.3. The minimum absolute atomic E-state index is 0.0932. The Morgan fingerprint density at radius 1 is 0.500 bits per heavy atom. The summed E-state index contributed by atoms with van der Waals surface area (Å²) in [6.07, 6.45) is 9.74. The molecule has 0 bridgehead atoms. The van der Waals surface area contributed by atoms with E-state index in [1.807, 2.05) is 24.3 Å². The van der Waals surface area contributed by atoms with E-state index in [-0.39, 0.29) is 11.9 Å². The quantitative estimate of drug-likeness (QED) is 0.269.